The highest BCUT2D eigenvalue weighted by atomic mass is 19.4. The summed E-state index contributed by atoms with van der Waals surface area (Å²) in [5, 5.41) is 0.392. The van der Waals surface area contributed by atoms with Gasteiger partial charge in [-0.15, -0.1) is 13.2 Å². The van der Waals surface area contributed by atoms with Gasteiger partial charge in [-0.25, -0.2) is 9.97 Å². The van der Waals surface area contributed by atoms with E-state index in [9.17, 15) is 18.0 Å². The molecule has 4 aromatic rings. The number of para-hydroxylation sites is 1. The van der Waals surface area contributed by atoms with Crippen LogP contribution in [0.4, 0.5) is 19.0 Å². The van der Waals surface area contributed by atoms with Gasteiger partial charge in [0.1, 0.15) is 17.9 Å². The third-order valence-corrected chi connectivity index (χ3v) is 6.02. The summed E-state index contributed by atoms with van der Waals surface area (Å²) in [6.45, 7) is 3.73. The molecule has 0 bridgehead atoms. The Kier molecular flexibility index (Phi) is 5.89. The lowest BCUT2D eigenvalue weighted by Crippen LogP contribution is -2.44. The maximum atomic E-state index is 13.3. The number of piperazine rings is 1. The number of aromatic nitrogens is 3. The van der Waals surface area contributed by atoms with Crippen molar-refractivity contribution in [3.05, 3.63) is 77.5 Å². The third kappa shape index (κ3) is 4.83. The lowest BCUT2D eigenvalue weighted by Gasteiger charge is -2.33. The molecule has 1 fully saturated rings. The summed E-state index contributed by atoms with van der Waals surface area (Å²) >= 11 is 0. The Labute approximate surface area is 199 Å². The fourth-order valence-electron chi connectivity index (χ4n) is 4.15. The number of fused-ring (bicyclic) bond motifs is 1. The molecule has 1 saturated heterocycles. The number of ether oxygens (including phenoxy) is 1. The van der Waals surface area contributed by atoms with Crippen LogP contribution in [-0.2, 0) is 0 Å². The monoisotopic (exact) mass is 481 g/mol. The molecule has 3 heterocycles. The van der Waals surface area contributed by atoms with Crippen molar-refractivity contribution in [3.63, 3.8) is 0 Å². The van der Waals surface area contributed by atoms with E-state index in [1.807, 2.05) is 12.1 Å². The normalized spacial score (nSPS) is 14.9. The highest BCUT2D eigenvalue weighted by Crippen LogP contribution is 2.29. The van der Waals surface area contributed by atoms with Gasteiger partial charge in [0.25, 0.3) is 5.56 Å². The molecule has 2 aromatic carbocycles. The summed E-state index contributed by atoms with van der Waals surface area (Å²) in [5.74, 6) is 0.549. The maximum Gasteiger partial charge on any atom is 0.573 e. The van der Waals surface area contributed by atoms with Crippen molar-refractivity contribution < 1.29 is 17.9 Å². The number of hydrogen-bond acceptors (Lipinski definition) is 6. The van der Waals surface area contributed by atoms with Crippen molar-refractivity contribution in [1.82, 2.24) is 19.4 Å². The number of nitrogens with zero attached hydrogens (tertiary/aromatic N) is 5. The van der Waals surface area contributed by atoms with Gasteiger partial charge >= 0.3 is 6.36 Å². The Morgan fingerprint density at radius 2 is 1.66 bits per heavy atom. The second kappa shape index (κ2) is 9.03. The molecule has 7 nitrogen and oxygen atoms in total. The minimum Gasteiger partial charge on any atom is -0.406 e. The zero-order valence-corrected chi connectivity index (χ0v) is 18.9. The van der Waals surface area contributed by atoms with E-state index in [1.54, 1.807) is 24.4 Å². The molecule has 0 amide bonds. The average Bonchev–Trinajstić information content (AvgIpc) is 2.84. The predicted molar refractivity (Wildman–Crippen MR) is 127 cm³/mol. The summed E-state index contributed by atoms with van der Waals surface area (Å²) in [6, 6.07) is 14.4. The van der Waals surface area contributed by atoms with Crippen LogP contribution in [0, 0.1) is 0 Å². The molecule has 0 aliphatic carbocycles. The van der Waals surface area contributed by atoms with Crippen molar-refractivity contribution in [3.8, 4) is 22.6 Å². The smallest absolute Gasteiger partial charge is 0.406 e. The molecular formula is C25H22F3N5O2. The highest BCUT2D eigenvalue weighted by Gasteiger charge is 2.31. The molecule has 1 aliphatic rings. The van der Waals surface area contributed by atoms with Gasteiger partial charge in [0.15, 0.2) is 0 Å². The first-order valence-corrected chi connectivity index (χ1v) is 11.0. The van der Waals surface area contributed by atoms with E-state index in [0.717, 1.165) is 32.0 Å². The Morgan fingerprint density at radius 1 is 0.914 bits per heavy atom. The van der Waals surface area contributed by atoms with Gasteiger partial charge in [-0.1, -0.05) is 24.3 Å². The zero-order chi connectivity index (χ0) is 24.6. The van der Waals surface area contributed by atoms with Crippen LogP contribution in [0.3, 0.4) is 0 Å². The number of hydrogen-bond donors (Lipinski definition) is 0. The number of benzene rings is 2. The molecule has 5 rings (SSSR count). The van der Waals surface area contributed by atoms with Gasteiger partial charge in [-0.2, -0.15) is 0 Å². The van der Waals surface area contributed by atoms with E-state index in [4.69, 9.17) is 0 Å². The summed E-state index contributed by atoms with van der Waals surface area (Å²) in [6.07, 6.45) is -1.65. The molecule has 1 aliphatic heterocycles. The molecule has 2 aromatic heterocycles. The van der Waals surface area contributed by atoms with Crippen LogP contribution in [0.1, 0.15) is 0 Å². The molecule has 0 radical (unpaired) electrons. The Hall–Kier alpha value is -3.92. The molecular weight excluding hydrogens is 459 g/mol. The van der Waals surface area contributed by atoms with Gasteiger partial charge < -0.3 is 14.5 Å². The number of alkyl halides is 3. The summed E-state index contributed by atoms with van der Waals surface area (Å²) in [5.41, 5.74) is 2.05. The van der Waals surface area contributed by atoms with Crippen molar-refractivity contribution >= 4 is 16.7 Å². The highest BCUT2D eigenvalue weighted by molar-refractivity contribution is 5.93. The number of halogens is 3. The van der Waals surface area contributed by atoms with E-state index in [1.165, 1.54) is 35.2 Å². The number of likely N-dealkylation sites (N-methyl/N-ethyl adjacent to an activating group) is 1. The van der Waals surface area contributed by atoms with E-state index in [-0.39, 0.29) is 11.3 Å². The summed E-state index contributed by atoms with van der Waals surface area (Å²) in [7, 11) is 2.09. The van der Waals surface area contributed by atoms with Crippen molar-refractivity contribution in [2.45, 2.75) is 6.36 Å². The SMILES string of the molecule is CN1CCN(c2ccc(-n3cnc4c(-c5ccc(OC(F)(F)F)cc5)cccc4c3=O)cn2)CC1. The van der Waals surface area contributed by atoms with Crippen molar-refractivity contribution in [2.75, 3.05) is 38.1 Å². The van der Waals surface area contributed by atoms with Gasteiger partial charge in [-0.3, -0.25) is 9.36 Å². The number of anilines is 1. The minimum atomic E-state index is -4.76. The van der Waals surface area contributed by atoms with Gasteiger partial charge in [0.2, 0.25) is 0 Å². The third-order valence-electron chi connectivity index (χ3n) is 6.02. The van der Waals surface area contributed by atoms with Crippen LogP contribution in [0.5, 0.6) is 5.75 Å². The zero-order valence-electron chi connectivity index (χ0n) is 18.9. The number of rotatable bonds is 4. The second-order valence-electron chi connectivity index (χ2n) is 8.36. The largest absolute Gasteiger partial charge is 0.573 e. The topological polar surface area (TPSA) is 63.5 Å². The van der Waals surface area contributed by atoms with Crippen molar-refractivity contribution in [2.24, 2.45) is 0 Å². The standard InChI is InChI=1S/C25H22F3N5O2/c1-31-11-13-32(14-12-31)22-10-7-18(15-29-22)33-16-30-23-20(3-2-4-21(23)24(33)34)17-5-8-19(9-6-17)35-25(26,27)28/h2-10,15-16H,11-14H2,1H3. The first-order chi connectivity index (χ1) is 16.8. The van der Waals surface area contributed by atoms with Crippen LogP contribution >= 0.6 is 0 Å². The van der Waals surface area contributed by atoms with Crippen molar-refractivity contribution in [1.29, 1.82) is 0 Å². The quantitative estimate of drug-likeness (QED) is 0.438. The van der Waals surface area contributed by atoms with Gasteiger partial charge in [0.05, 0.1) is 22.8 Å². The second-order valence-corrected chi connectivity index (χ2v) is 8.36. The van der Waals surface area contributed by atoms with E-state index in [0.29, 0.717) is 27.7 Å². The Bertz CT molecular complexity index is 1390. The van der Waals surface area contributed by atoms with Crippen LogP contribution in [0.2, 0.25) is 0 Å². The van der Waals surface area contributed by atoms with Crippen LogP contribution in [0.25, 0.3) is 27.7 Å². The summed E-state index contributed by atoms with van der Waals surface area (Å²) in [4.78, 5) is 26.8. The summed E-state index contributed by atoms with van der Waals surface area (Å²) < 4.78 is 42.7. The fraction of sp³-hybridized carbons (Fsp3) is 0.240. The van der Waals surface area contributed by atoms with E-state index < -0.39 is 6.36 Å². The first-order valence-electron chi connectivity index (χ1n) is 11.0. The maximum absolute atomic E-state index is 13.3. The van der Waals surface area contributed by atoms with Crippen LogP contribution in [0.15, 0.2) is 71.9 Å². The molecule has 180 valence electrons. The lowest BCUT2D eigenvalue weighted by atomic mass is 10.0. The Morgan fingerprint density at radius 3 is 2.31 bits per heavy atom. The molecule has 10 heteroatoms. The first kappa shape index (κ1) is 22.9. The molecule has 0 spiro atoms. The number of pyridine rings is 1. The van der Waals surface area contributed by atoms with E-state index in [2.05, 4.69) is 31.6 Å². The predicted octanol–water partition coefficient (Wildman–Crippen LogP) is 4.10. The fourth-order valence-corrected chi connectivity index (χ4v) is 4.15. The molecule has 35 heavy (non-hydrogen) atoms. The molecule has 0 unspecified atom stereocenters. The van der Waals surface area contributed by atoms with Crippen LogP contribution < -0.4 is 15.2 Å². The molecule has 0 N–H and O–H groups in total. The van der Waals surface area contributed by atoms with Gasteiger partial charge in [0, 0.05) is 31.7 Å². The minimum absolute atomic E-state index is 0.261. The molecule has 0 saturated carbocycles. The van der Waals surface area contributed by atoms with Gasteiger partial charge in [-0.05, 0) is 42.9 Å². The molecule has 0 atom stereocenters. The van der Waals surface area contributed by atoms with Crippen LogP contribution in [-0.4, -0.2) is 59.0 Å². The van der Waals surface area contributed by atoms with E-state index >= 15 is 0 Å². The lowest BCUT2D eigenvalue weighted by molar-refractivity contribution is -0.274. The Balaban J connectivity index is 1.45. The average molecular weight is 481 g/mol.